The topological polar surface area (TPSA) is 56.7 Å². The van der Waals surface area contributed by atoms with Crippen LogP contribution in [0.5, 0.6) is 0 Å². The van der Waals surface area contributed by atoms with Crippen LogP contribution < -0.4 is 0 Å². The van der Waals surface area contributed by atoms with Crippen molar-refractivity contribution >= 4 is 43.9 Å². The van der Waals surface area contributed by atoms with Crippen molar-refractivity contribution in [3.8, 4) is 17.2 Å². The number of aromatic nitrogens is 4. The Kier molecular flexibility index (Phi) is 3.49. The Morgan fingerprint density at radius 2 is 1.25 bits per heavy atom. The fourth-order valence-corrected chi connectivity index (χ4v) is 4.52. The maximum atomic E-state index is 6.23. The second-order valence-electron chi connectivity index (χ2n) is 7.75. The molecule has 7 aromatic rings. The maximum absolute atomic E-state index is 6.23. The third kappa shape index (κ3) is 2.36. The van der Waals surface area contributed by atoms with Crippen LogP contribution in [-0.4, -0.2) is 19.5 Å². The zero-order chi connectivity index (χ0) is 21.1. The van der Waals surface area contributed by atoms with Crippen molar-refractivity contribution in [2.75, 3.05) is 0 Å². The maximum Gasteiger partial charge on any atom is 0.236 e. The Morgan fingerprint density at radius 3 is 1.97 bits per heavy atom. The molecule has 5 nitrogen and oxygen atoms in total. The SMILES string of the molecule is c1ccc2c(c1)oc1c(-c3ccncc3)nc(-n3c4ccccc4c4ccccc43)nc12. The molecule has 4 aromatic heterocycles. The molecular weight excluding hydrogens is 396 g/mol. The summed E-state index contributed by atoms with van der Waals surface area (Å²) in [4.78, 5) is 14.2. The van der Waals surface area contributed by atoms with Crippen LogP contribution in [0, 0.1) is 0 Å². The van der Waals surface area contributed by atoms with E-state index >= 15 is 0 Å². The first kappa shape index (κ1) is 17.2. The van der Waals surface area contributed by atoms with E-state index < -0.39 is 0 Å². The average molecular weight is 412 g/mol. The van der Waals surface area contributed by atoms with E-state index in [2.05, 4.69) is 45.9 Å². The van der Waals surface area contributed by atoms with Crippen LogP contribution in [0.3, 0.4) is 0 Å². The lowest BCUT2D eigenvalue weighted by molar-refractivity contribution is 0.666. The molecule has 0 saturated carbocycles. The number of nitrogens with zero attached hydrogens (tertiary/aromatic N) is 4. The highest BCUT2D eigenvalue weighted by atomic mass is 16.3. The van der Waals surface area contributed by atoms with Crippen molar-refractivity contribution in [2.45, 2.75) is 0 Å². The first-order valence-corrected chi connectivity index (χ1v) is 10.5. The molecule has 0 aliphatic heterocycles. The summed E-state index contributed by atoms with van der Waals surface area (Å²) in [6.45, 7) is 0. The average Bonchev–Trinajstić information content (AvgIpc) is 3.40. The van der Waals surface area contributed by atoms with E-state index in [9.17, 15) is 0 Å². The van der Waals surface area contributed by atoms with Gasteiger partial charge in [0.1, 0.15) is 16.8 Å². The van der Waals surface area contributed by atoms with Gasteiger partial charge in [0.2, 0.25) is 5.95 Å². The summed E-state index contributed by atoms with van der Waals surface area (Å²) >= 11 is 0. The van der Waals surface area contributed by atoms with Crippen molar-refractivity contribution in [3.05, 3.63) is 97.3 Å². The van der Waals surface area contributed by atoms with Gasteiger partial charge in [0.25, 0.3) is 0 Å². The molecule has 0 unspecified atom stereocenters. The molecule has 0 spiro atoms. The fourth-order valence-electron chi connectivity index (χ4n) is 4.52. The highest BCUT2D eigenvalue weighted by Crippen LogP contribution is 2.36. The van der Waals surface area contributed by atoms with Gasteiger partial charge in [0.15, 0.2) is 5.58 Å². The second kappa shape index (κ2) is 6.49. The summed E-state index contributed by atoms with van der Waals surface area (Å²) in [6.07, 6.45) is 3.54. The molecule has 32 heavy (non-hydrogen) atoms. The highest BCUT2D eigenvalue weighted by molar-refractivity contribution is 6.10. The van der Waals surface area contributed by atoms with Gasteiger partial charge in [-0.05, 0) is 36.4 Å². The van der Waals surface area contributed by atoms with E-state index in [-0.39, 0.29) is 0 Å². The van der Waals surface area contributed by atoms with Crippen molar-refractivity contribution < 1.29 is 4.42 Å². The van der Waals surface area contributed by atoms with E-state index in [1.807, 2.05) is 48.5 Å². The lowest BCUT2D eigenvalue weighted by Crippen LogP contribution is -2.02. The lowest BCUT2D eigenvalue weighted by atomic mass is 10.1. The van der Waals surface area contributed by atoms with Crippen LogP contribution in [0.25, 0.3) is 61.1 Å². The summed E-state index contributed by atoms with van der Waals surface area (Å²) in [6, 6.07) is 28.6. The normalized spacial score (nSPS) is 11.8. The van der Waals surface area contributed by atoms with Crippen LogP contribution in [0.4, 0.5) is 0 Å². The Morgan fingerprint density at radius 1 is 0.625 bits per heavy atom. The number of furan rings is 1. The molecular formula is C27H16N4O. The number of para-hydroxylation sites is 3. The number of hydrogen-bond acceptors (Lipinski definition) is 4. The molecule has 0 bridgehead atoms. The van der Waals surface area contributed by atoms with Gasteiger partial charge in [-0.25, -0.2) is 9.97 Å². The minimum Gasteiger partial charge on any atom is -0.452 e. The van der Waals surface area contributed by atoms with Crippen LogP contribution in [-0.2, 0) is 0 Å². The molecule has 0 saturated heterocycles. The van der Waals surface area contributed by atoms with Crippen LogP contribution >= 0.6 is 0 Å². The van der Waals surface area contributed by atoms with Gasteiger partial charge in [-0.3, -0.25) is 9.55 Å². The largest absolute Gasteiger partial charge is 0.452 e. The lowest BCUT2D eigenvalue weighted by Gasteiger charge is -2.09. The zero-order valence-electron chi connectivity index (χ0n) is 16.9. The standard InChI is InChI=1S/C27H16N4O/c1-4-10-21-18(7-1)19-8-2-5-11-22(19)31(21)27-29-24(17-13-15-28-16-14-17)26-25(30-27)20-9-3-6-12-23(20)32-26/h1-16H. The molecule has 150 valence electrons. The number of fused-ring (bicyclic) bond motifs is 6. The Hall–Kier alpha value is -4.51. The molecule has 0 N–H and O–H groups in total. The predicted octanol–water partition coefficient (Wildman–Crippen LogP) is 6.54. The highest BCUT2D eigenvalue weighted by Gasteiger charge is 2.20. The minimum absolute atomic E-state index is 0.619. The van der Waals surface area contributed by atoms with Gasteiger partial charge >= 0.3 is 0 Å². The van der Waals surface area contributed by atoms with E-state index in [4.69, 9.17) is 14.4 Å². The number of benzene rings is 3. The summed E-state index contributed by atoms with van der Waals surface area (Å²) in [5.74, 6) is 0.619. The predicted molar refractivity (Wildman–Crippen MR) is 127 cm³/mol. The van der Waals surface area contributed by atoms with Crippen molar-refractivity contribution in [3.63, 3.8) is 0 Å². The van der Waals surface area contributed by atoms with Crippen LogP contribution in [0.15, 0.2) is 102 Å². The van der Waals surface area contributed by atoms with Gasteiger partial charge in [-0.2, -0.15) is 0 Å². The molecule has 0 atom stereocenters. The van der Waals surface area contributed by atoms with E-state index in [1.54, 1.807) is 12.4 Å². The van der Waals surface area contributed by atoms with Crippen molar-refractivity contribution in [1.82, 2.24) is 19.5 Å². The molecule has 0 aliphatic rings. The molecule has 5 heteroatoms. The van der Waals surface area contributed by atoms with Crippen LogP contribution in [0.2, 0.25) is 0 Å². The quantitative estimate of drug-likeness (QED) is 0.324. The number of pyridine rings is 1. The second-order valence-corrected chi connectivity index (χ2v) is 7.75. The van der Waals surface area contributed by atoms with E-state index in [1.165, 1.54) is 10.8 Å². The molecule has 4 heterocycles. The number of hydrogen-bond donors (Lipinski definition) is 0. The Bertz CT molecular complexity index is 1730. The third-order valence-electron chi connectivity index (χ3n) is 5.94. The van der Waals surface area contributed by atoms with Crippen molar-refractivity contribution in [2.24, 2.45) is 0 Å². The fraction of sp³-hybridized carbons (Fsp3) is 0. The molecule has 7 rings (SSSR count). The monoisotopic (exact) mass is 412 g/mol. The summed E-state index contributed by atoms with van der Waals surface area (Å²) in [5.41, 5.74) is 6.12. The molecule has 0 radical (unpaired) electrons. The molecule has 3 aromatic carbocycles. The van der Waals surface area contributed by atoms with Gasteiger partial charge in [-0.15, -0.1) is 0 Å². The van der Waals surface area contributed by atoms with E-state index in [0.29, 0.717) is 11.5 Å². The molecule has 0 aliphatic carbocycles. The smallest absolute Gasteiger partial charge is 0.236 e. The Labute approximate surface area is 182 Å². The Balaban J connectivity index is 1.66. The third-order valence-corrected chi connectivity index (χ3v) is 5.94. The van der Waals surface area contributed by atoms with Gasteiger partial charge in [0.05, 0.1) is 11.0 Å². The van der Waals surface area contributed by atoms with Crippen LogP contribution in [0.1, 0.15) is 0 Å². The van der Waals surface area contributed by atoms with Gasteiger partial charge < -0.3 is 4.42 Å². The minimum atomic E-state index is 0.619. The molecule has 0 amide bonds. The van der Waals surface area contributed by atoms with Gasteiger partial charge in [-0.1, -0.05) is 48.5 Å². The number of rotatable bonds is 2. The van der Waals surface area contributed by atoms with Gasteiger partial charge in [0, 0.05) is 34.1 Å². The zero-order valence-corrected chi connectivity index (χ0v) is 16.9. The van der Waals surface area contributed by atoms with E-state index in [0.717, 1.165) is 38.8 Å². The summed E-state index contributed by atoms with van der Waals surface area (Å²) in [5, 5.41) is 3.32. The molecule has 0 fully saturated rings. The summed E-state index contributed by atoms with van der Waals surface area (Å²) in [7, 11) is 0. The van der Waals surface area contributed by atoms with Crippen molar-refractivity contribution in [1.29, 1.82) is 0 Å². The first-order valence-electron chi connectivity index (χ1n) is 10.5. The first-order chi connectivity index (χ1) is 15.9. The summed E-state index contributed by atoms with van der Waals surface area (Å²) < 4.78 is 8.37.